The maximum atomic E-state index is 12.8. The Morgan fingerprint density at radius 1 is 1.62 bits per heavy atom. The van der Waals surface area contributed by atoms with Crippen LogP contribution in [0.4, 0.5) is 4.39 Å². The van der Waals surface area contributed by atoms with Gasteiger partial charge < -0.3 is 10.0 Å². The minimum Gasteiger partial charge on any atom is -0.479 e. The Hall–Kier alpha value is -1.62. The van der Waals surface area contributed by atoms with Crippen molar-refractivity contribution in [1.82, 2.24) is 4.90 Å². The first-order chi connectivity index (χ1) is 7.47. The highest BCUT2D eigenvalue weighted by Gasteiger charge is 2.26. The molecule has 0 aromatic heterocycles. The summed E-state index contributed by atoms with van der Waals surface area (Å²) in [6.07, 6.45) is 0.373. The SMILES string of the molecule is CN(C=O)C(C(=O)O)c1ccc(F)cc1Cl. The van der Waals surface area contributed by atoms with Gasteiger partial charge in [-0.2, -0.15) is 0 Å². The van der Waals surface area contributed by atoms with Gasteiger partial charge in [0.25, 0.3) is 0 Å². The molecule has 0 saturated carbocycles. The van der Waals surface area contributed by atoms with Gasteiger partial charge in [-0.25, -0.2) is 9.18 Å². The standard InChI is InChI=1S/C10H9ClFNO3/c1-13(5-14)9(10(15)16)7-3-2-6(12)4-8(7)11/h2-5,9H,1H3,(H,15,16). The normalized spacial score (nSPS) is 11.9. The van der Waals surface area contributed by atoms with Gasteiger partial charge in [0.2, 0.25) is 6.41 Å². The van der Waals surface area contributed by atoms with Crippen LogP contribution in [0.25, 0.3) is 0 Å². The van der Waals surface area contributed by atoms with Crippen LogP contribution >= 0.6 is 11.6 Å². The topological polar surface area (TPSA) is 57.6 Å². The van der Waals surface area contributed by atoms with Crippen molar-refractivity contribution < 1.29 is 19.1 Å². The number of amides is 1. The van der Waals surface area contributed by atoms with Gasteiger partial charge in [-0.1, -0.05) is 17.7 Å². The fraction of sp³-hybridized carbons (Fsp3) is 0.200. The molecule has 86 valence electrons. The summed E-state index contributed by atoms with van der Waals surface area (Å²) in [4.78, 5) is 22.5. The van der Waals surface area contributed by atoms with Crippen LogP contribution < -0.4 is 0 Å². The molecule has 1 aromatic carbocycles. The third kappa shape index (κ3) is 2.49. The number of hydrogen-bond donors (Lipinski definition) is 1. The third-order valence-corrected chi connectivity index (χ3v) is 2.39. The number of hydrogen-bond acceptors (Lipinski definition) is 2. The Kier molecular flexibility index (Phi) is 3.84. The van der Waals surface area contributed by atoms with E-state index in [9.17, 15) is 14.0 Å². The van der Waals surface area contributed by atoms with E-state index in [1.54, 1.807) is 0 Å². The van der Waals surface area contributed by atoms with E-state index in [1.165, 1.54) is 13.1 Å². The number of rotatable bonds is 4. The zero-order valence-corrected chi connectivity index (χ0v) is 9.11. The van der Waals surface area contributed by atoms with E-state index < -0.39 is 17.8 Å². The summed E-state index contributed by atoms with van der Waals surface area (Å²) in [6, 6.07) is 2.13. The highest BCUT2D eigenvalue weighted by molar-refractivity contribution is 6.31. The smallest absolute Gasteiger partial charge is 0.331 e. The number of carbonyl (C=O) groups is 2. The number of carbonyl (C=O) groups excluding carboxylic acids is 1. The number of aliphatic carboxylic acids is 1. The van der Waals surface area contributed by atoms with Crippen LogP contribution in [0.3, 0.4) is 0 Å². The average Bonchev–Trinajstić information content (AvgIpc) is 2.21. The molecule has 0 spiro atoms. The molecule has 0 bridgehead atoms. The van der Waals surface area contributed by atoms with Gasteiger partial charge in [-0.15, -0.1) is 0 Å². The third-order valence-electron chi connectivity index (χ3n) is 2.06. The molecule has 0 radical (unpaired) electrons. The summed E-state index contributed by atoms with van der Waals surface area (Å²) in [5.74, 6) is -1.80. The maximum absolute atomic E-state index is 12.8. The lowest BCUT2D eigenvalue weighted by atomic mass is 10.1. The zero-order chi connectivity index (χ0) is 12.3. The number of carboxylic acids is 1. The highest BCUT2D eigenvalue weighted by Crippen LogP contribution is 2.27. The molecule has 0 heterocycles. The quantitative estimate of drug-likeness (QED) is 0.822. The maximum Gasteiger partial charge on any atom is 0.331 e. The second kappa shape index (κ2) is 4.94. The van der Waals surface area contributed by atoms with Gasteiger partial charge in [0.15, 0.2) is 6.04 Å². The largest absolute Gasteiger partial charge is 0.479 e. The number of halogens is 2. The molecule has 1 aromatic rings. The Balaban J connectivity index is 3.21. The van der Waals surface area contributed by atoms with Gasteiger partial charge in [0, 0.05) is 17.6 Å². The van der Waals surface area contributed by atoms with Crippen molar-refractivity contribution in [2.24, 2.45) is 0 Å². The van der Waals surface area contributed by atoms with E-state index in [-0.39, 0.29) is 10.6 Å². The highest BCUT2D eigenvalue weighted by atomic mass is 35.5. The van der Waals surface area contributed by atoms with Crippen LogP contribution in [0.5, 0.6) is 0 Å². The van der Waals surface area contributed by atoms with Crippen LogP contribution in [0, 0.1) is 5.82 Å². The van der Waals surface area contributed by atoms with Crippen molar-refractivity contribution in [3.8, 4) is 0 Å². The number of nitrogens with zero attached hydrogens (tertiary/aromatic N) is 1. The predicted molar refractivity (Wildman–Crippen MR) is 55.6 cm³/mol. The summed E-state index contributed by atoms with van der Waals surface area (Å²) in [5.41, 5.74) is 0.171. The fourth-order valence-corrected chi connectivity index (χ4v) is 1.58. The molecule has 16 heavy (non-hydrogen) atoms. The Bertz CT molecular complexity index is 425. The van der Waals surface area contributed by atoms with E-state index in [2.05, 4.69) is 0 Å². The van der Waals surface area contributed by atoms with E-state index >= 15 is 0 Å². The molecule has 0 aliphatic heterocycles. The van der Waals surface area contributed by atoms with Gasteiger partial charge in [-0.3, -0.25) is 4.79 Å². The second-order valence-electron chi connectivity index (χ2n) is 3.18. The summed E-state index contributed by atoms with van der Waals surface area (Å²) in [6.45, 7) is 0. The molecule has 0 aliphatic rings. The van der Waals surface area contributed by atoms with Crippen LogP contribution in [-0.4, -0.2) is 29.4 Å². The fourth-order valence-electron chi connectivity index (χ4n) is 1.31. The predicted octanol–water partition coefficient (Wildman–Crippen LogP) is 1.69. The molecule has 1 rings (SSSR count). The molecule has 4 nitrogen and oxygen atoms in total. The molecule has 0 saturated heterocycles. The molecule has 0 fully saturated rings. The number of carboxylic acid groups (broad SMARTS) is 1. The van der Waals surface area contributed by atoms with Crippen LogP contribution in [-0.2, 0) is 9.59 Å². The van der Waals surface area contributed by atoms with Crippen molar-refractivity contribution >= 4 is 24.0 Å². The van der Waals surface area contributed by atoms with E-state index in [1.807, 2.05) is 0 Å². The minimum absolute atomic E-state index is 0.0268. The van der Waals surface area contributed by atoms with E-state index in [0.29, 0.717) is 6.41 Å². The summed E-state index contributed by atoms with van der Waals surface area (Å²) in [7, 11) is 1.31. The first kappa shape index (κ1) is 12.4. The van der Waals surface area contributed by atoms with Gasteiger partial charge in [0.1, 0.15) is 5.82 Å². The minimum atomic E-state index is -1.23. The monoisotopic (exact) mass is 245 g/mol. The van der Waals surface area contributed by atoms with Crippen molar-refractivity contribution in [3.63, 3.8) is 0 Å². The van der Waals surface area contributed by atoms with E-state index in [4.69, 9.17) is 16.7 Å². The zero-order valence-electron chi connectivity index (χ0n) is 8.35. The van der Waals surface area contributed by atoms with Crippen molar-refractivity contribution in [1.29, 1.82) is 0 Å². The van der Waals surface area contributed by atoms with Gasteiger partial charge in [-0.05, 0) is 12.1 Å². The molecule has 1 atom stereocenters. The average molecular weight is 246 g/mol. The van der Waals surface area contributed by atoms with Crippen molar-refractivity contribution in [2.75, 3.05) is 7.05 Å². The lowest BCUT2D eigenvalue weighted by molar-refractivity contribution is -0.145. The molecule has 1 amide bonds. The Labute approximate surface area is 96.2 Å². The summed E-state index contributed by atoms with van der Waals surface area (Å²) in [5, 5.41) is 8.94. The Morgan fingerprint density at radius 2 is 2.25 bits per heavy atom. The first-order valence-electron chi connectivity index (χ1n) is 4.32. The second-order valence-corrected chi connectivity index (χ2v) is 3.58. The van der Waals surface area contributed by atoms with Crippen molar-refractivity contribution in [2.45, 2.75) is 6.04 Å². The molecule has 1 unspecified atom stereocenters. The lowest BCUT2D eigenvalue weighted by Crippen LogP contribution is -2.29. The summed E-state index contributed by atoms with van der Waals surface area (Å²) < 4.78 is 12.8. The van der Waals surface area contributed by atoms with E-state index in [0.717, 1.165) is 17.0 Å². The van der Waals surface area contributed by atoms with Gasteiger partial charge >= 0.3 is 5.97 Å². The first-order valence-corrected chi connectivity index (χ1v) is 4.70. The van der Waals surface area contributed by atoms with Crippen molar-refractivity contribution in [3.05, 3.63) is 34.6 Å². The molecule has 0 aliphatic carbocycles. The molecular formula is C10H9ClFNO3. The molecular weight excluding hydrogens is 237 g/mol. The molecule has 1 N–H and O–H groups in total. The number of likely N-dealkylation sites (N-methyl/N-ethyl adjacent to an activating group) is 1. The van der Waals surface area contributed by atoms with Gasteiger partial charge in [0.05, 0.1) is 0 Å². The number of benzene rings is 1. The molecule has 6 heteroatoms. The summed E-state index contributed by atoms with van der Waals surface area (Å²) >= 11 is 5.72. The van der Waals surface area contributed by atoms with Crippen LogP contribution in [0.2, 0.25) is 5.02 Å². The van der Waals surface area contributed by atoms with Crippen LogP contribution in [0.15, 0.2) is 18.2 Å². The van der Waals surface area contributed by atoms with Crippen LogP contribution in [0.1, 0.15) is 11.6 Å². The lowest BCUT2D eigenvalue weighted by Gasteiger charge is -2.21. The Morgan fingerprint density at radius 3 is 2.69 bits per heavy atom.